The fraction of sp³-hybridized carbons (Fsp3) is 0.318. The van der Waals surface area contributed by atoms with Gasteiger partial charge in [-0.05, 0) is 69.3 Å². The number of anilines is 1. The van der Waals surface area contributed by atoms with E-state index < -0.39 is 0 Å². The van der Waals surface area contributed by atoms with Crippen molar-refractivity contribution < 1.29 is 14.4 Å². The van der Waals surface area contributed by atoms with E-state index >= 15 is 0 Å². The highest BCUT2D eigenvalue weighted by atomic mass is 35.5. The van der Waals surface area contributed by atoms with Crippen LogP contribution in [-0.2, 0) is 4.79 Å². The molecular weight excluding hydrogens is 376 g/mol. The quantitative estimate of drug-likeness (QED) is 0.744. The Kier molecular flexibility index (Phi) is 6.60. The molecule has 1 aliphatic rings. The Labute approximate surface area is 169 Å². The molecule has 0 aliphatic carbocycles. The molecule has 1 saturated heterocycles. The number of nitrogens with zero attached hydrogens (tertiary/aromatic N) is 1. The Morgan fingerprint density at radius 1 is 1.04 bits per heavy atom. The van der Waals surface area contributed by atoms with Gasteiger partial charge in [-0.1, -0.05) is 23.7 Å². The number of piperidine rings is 1. The molecule has 0 spiro atoms. The zero-order valence-corrected chi connectivity index (χ0v) is 16.5. The summed E-state index contributed by atoms with van der Waals surface area (Å²) in [5.74, 6) is -0.0164. The molecular formula is C22H23ClN2O3. The van der Waals surface area contributed by atoms with Crippen molar-refractivity contribution >= 4 is 34.8 Å². The van der Waals surface area contributed by atoms with Crippen LogP contribution in [0.3, 0.4) is 0 Å². The van der Waals surface area contributed by atoms with Crippen LogP contribution in [0.25, 0.3) is 0 Å². The van der Waals surface area contributed by atoms with Gasteiger partial charge in [0.2, 0.25) is 5.91 Å². The van der Waals surface area contributed by atoms with E-state index in [0.29, 0.717) is 34.9 Å². The van der Waals surface area contributed by atoms with Crippen LogP contribution in [-0.4, -0.2) is 42.0 Å². The zero-order chi connectivity index (χ0) is 20.1. The number of Topliss-reactive ketones (excluding diaryl/α,β-unsaturated/α-hetero) is 2. The van der Waals surface area contributed by atoms with E-state index in [0.717, 1.165) is 12.8 Å². The van der Waals surface area contributed by atoms with Crippen LogP contribution in [0.4, 0.5) is 5.69 Å². The molecule has 1 fully saturated rings. The number of hydrogen-bond donors (Lipinski definition) is 1. The van der Waals surface area contributed by atoms with Crippen LogP contribution in [0.1, 0.15) is 40.5 Å². The molecule has 1 heterocycles. The van der Waals surface area contributed by atoms with Gasteiger partial charge in [-0.15, -0.1) is 0 Å². The largest absolute Gasteiger partial charge is 0.325 e. The molecule has 0 saturated carbocycles. The normalized spacial score (nSPS) is 15.2. The third-order valence-electron chi connectivity index (χ3n) is 5.01. The van der Waals surface area contributed by atoms with Gasteiger partial charge in [0.15, 0.2) is 11.6 Å². The Hall–Kier alpha value is -2.50. The van der Waals surface area contributed by atoms with Gasteiger partial charge in [0.05, 0.1) is 6.54 Å². The van der Waals surface area contributed by atoms with Gasteiger partial charge in [0.1, 0.15) is 0 Å². The highest BCUT2D eigenvalue weighted by molar-refractivity contribution is 6.31. The molecule has 0 atom stereocenters. The number of halogens is 1. The number of carbonyl (C=O) groups is 3. The summed E-state index contributed by atoms with van der Waals surface area (Å²) >= 11 is 5.98. The fourth-order valence-electron chi connectivity index (χ4n) is 3.42. The summed E-state index contributed by atoms with van der Waals surface area (Å²) in [7, 11) is 0. The van der Waals surface area contributed by atoms with Crippen molar-refractivity contribution in [1.82, 2.24) is 4.90 Å². The molecule has 0 unspecified atom stereocenters. The molecule has 0 aromatic heterocycles. The summed E-state index contributed by atoms with van der Waals surface area (Å²) in [6.07, 6.45) is 1.46. The molecule has 28 heavy (non-hydrogen) atoms. The minimum Gasteiger partial charge on any atom is -0.325 e. The van der Waals surface area contributed by atoms with Crippen LogP contribution in [0.5, 0.6) is 0 Å². The molecule has 5 nitrogen and oxygen atoms in total. The molecule has 0 radical (unpaired) electrons. The maximum absolute atomic E-state index is 12.6. The first kappa shape index (κ1) is 20.2. The van der Waals surface area contributed by atoms with E-state index in [1.165, 1.54) is 6.92 Å². The number of rotatable bonds is 6. The number of likely N-dealkylation sites (tertiary alicyclic amines) is 1. The smallest absolute Gasteiger partial charge is 0.238 e. The van der Waals surface area contributed by atoms with Crippen molar-refractivity contribution in [2.75, 3.05) is 25.0 Å². The second-order valence-corrected chi connectivity index (χ2v) is 7.54. The van der Waals surface area contributed by atoms with Crippen molar-refractivity contribution in [2.45, 2.75) is 19.8 Å². The maximum atomic E-state index is 12.6. The minimum atomic E-state index is -0.102. The number of ketones is 2. The second kappa shape index (κ2) is 9.13. The predicted octanol–water partition coefficient (Wildman–Crippen LogP) is 4.08. The lowest BCUT2D eigenvalue weighted by Gasteiger charge is -2.30. The predicted molar refractivity (Wildman–Crippen MR) is 110 cm³/mol. The van der Waals surface area contributed by atoms with Gasteiger partial charge in [-0.3, -0.25) is 19.3 Å². The maximum Gasteiger partial charge on any atom is 0.238 e. The lowest BCUT2D eigenvalue weighted by atomic mass is 9.89. The van der Waals surface area contributed by atoms with Gasteiger partial charge in [-0.2, -0.15) is 0 Å². The first-order valence-corrected chi connectivity index (χ1v) is 9.73. The summed E-state index contributed by atoms with van der Waals surface area (Å²) in [6, 6.07) is 13.9. The summed E-state index contributed by atoms with van der Waals surface area (Å²) in [5.41, 5.74) is 1.93. The van der Waals surface area contributed by atoms with Crippen molar-refractivity contribution in [1.29, 1.82) is 0 Å². The number of amides is 1. The fourth-order valence-corrected chi connectivity index (χ4v) is 3.61. The standard InChI is InChI=1S/C22H23ClN2O3/c1-15(26)16-5-7-20(8-6-16)24-21(27)14-25-11-9-17(10-12-25)22(28)18-3-2-4-19(23)13-18/h2-8,13,17H,9-12,14H2,1H3,(H,24,27). The average molecular weight is 399 g/mol. The van der Waals surface area contributed by atoms with E-state index in [1.54, 1.807) is 48.5 Å². The van der Waals surface area contributed by atoms with Gasteiger partial charge >= 0.3 is 0 Å². The molecule has 0 bridgehead atoms. The van der Waals surface area contributed by atoms with Gasteiger partial charge in [0.25, 0.3) is 0 Å². The van der Waals surface area contributed by atoms with Gasteiger partial charge in [-0.25, -0.2) is 0 Å². The summed E-state index contributed by atoms with van der Waals surface area (Å²) in [4.78, 5) is 38.2. The third kappa shape index (κ3) is 5.27. The van der Waals surface area contributed by atoms with Crippen molar-refractivity contribution in [3.63, 3.8) is 0 Å². The molecule has 1 amide bonds. The van der Waals surface area contributed by atoms with E-state index in [1.807, 2.05) is 0 Å². The molecule has 146 valence electrons. The monoisotopic (exact) mass is 398 g/mol. The summed E-state index contributed by atoms with van der Waals surface area (Å²) in [6.45, 7) is 3.20. The van der Waals surface area contributed by atoms with E-state index in [9.17, 15) is 14.4 Å². The van der Waals surface area contributed by atoms with Crippen LogP contribution in [0.15, 0.2) is 48.5 Å². The Balaban J connectivity index is 1.47. The topological polar surface area (TPSA) is 66.5 Å². The van der Waals surface area contributed by atoms with Crippen LogP contribution in [0.2, 0.25) is 5.02 Å². The lowest BCUT2D eigenvalue weighted by Crippen LogP contribution is -2.40. The van der Waals surface area contributed by atoms with Crippen LogP contribution in [0, 0.1) is 5.92 Å². The molecule has 1 N–H and O–H groups in total. The average Bonchev–Trinajstić information content (AvgIpc) is 2.68. The number of benzene rings is 2. The van der Waals surface area contributed by atoms with Crippen molar-refractivity contribution in [3.05, 3.63) is 64.7 Å². The van der Waals surface area contributed by atoms with Crippen molar-refractivity contribution in [3.8, 4) is 0 Å². The van der Waals surface area contributed by atoms with Crippen molar-refractivity contribution in [2.24, 2.45) is 5.92 Å². The summed E-state index contributed by atoms with van der Waals surface area (Å²) < 4.78 is 0. The van der Waals surface area contributed by atoms with Crippen LogP contribution >= 0.6 is 11.6 Å². The minimum absolute atomic E-state index is 0.00642. The second-order valence-electron chi connectivity index (χ2n) is 7.11. The number of carbonyl (C=O) groups excluding carboxylic acids is 3. The van der Waals surface area contributed by atoms with Crippen LogP contribution < -0.4 is 5.32 Å². The number of hydrogen-bond acceptors (Lipinski definition) is 4. The molecule has 1 aliphatic heterocycles. The van der Waals surface area contributed by atoms with E-state index in [2.05, 4.69) is 10.2 Å². The Morgan fingerprint density at radius 3 is 2.32 bits per heavy atom. The SMILES string of the molecule is CC(=O)c1ccc(NC(=O)CN2CCC(C(=O)c3cccc(Cl)c3)CC2)cc1. The molecule has 2 aromatic rings. The van der Waals surface area contributed by atoms with E-state index in [4.69, 9.17) is 11.6 Å². The zero-order valence-electron chi connectivity index (χ0n) is 15.8. The highest BCUT2D eigenvalue weighted by Crippen LogP contribution is 2.23. The Bertz CT molecular complexity index is 872. The lowest BCUT2D eigenvalue weighted by molar-refractivity contribution is -0.117. The van der Waals surface area contributed by atoms with Gasteiger partial charge < -0.3 is 5.32 Å². The molecule has 2 aromatic carbocycles. The number of nitrogens with one attached hydrogen (secondary N) is 1. The first-order valence-electron chi connectivity index (χ1n) is 9.35. The third-order valence-corrected chi connectivity index (χ3v) is 5.24. The van der Waals surface area contributed by atoms with E-state index in [-0.39, 0.29) is 29.9 Å². The molecule has 6 heteroatoms. The first-order chi connectivity index (χ1) is 13.4. The molecule has 3 rings (SSSR count). The highest BCUT2D eigenvalue weighted by Gasteiger charge is 2.26. The van der Waals surface area contributed by atoms with Gasteiger partial charge in [0, 0.05) is 27.8 Å². The summed E-state index contributed by atoms with van der Waals surface area (Å²) in [5, 5.41) is 3.41. The Morgan fingerprint density at radius 2 is 1.71 bits per heavy atom.